The Balaban J connectivity index is 1.56. The van der Waals surface area contributed by atoms with Gasteiger partial charge >= 0.3 is 0 Å². The lowest BCUT2D eigenvalue weighted by atomic mass is 10.2. The number of rotatable bonds is 5. The third-order valence-electron chi connectivity index (χ3n) is 2.97. The number of hydrogen-bond acceptors (Lipinski definition) is 3. The molecule has 0 unspecified atom stereocenters. The minimum Gasteiger partial charge on any atom is -0.264 e. The molecule has 100 valence electrons. The summed E-state index contributed by atoms with van der Waals surface area (Å²) in [5, 5.41) is 4.22. The van der Waals surface area contributed by atoms with Gasteiger partial charge in [-0.25, -0.2) is 4.68 Å². The van der Waals surface area contributed by atoms with Crippen LogP contribution in [0.4, 0.5) is 0 Å². The van der Waals surface area contributed by atoms with Crippen molar-refractivity contribution in [3.05, 3.63) is 78.4 Å². The van der Waals surface area contributed by atoms with Crippen LogP contribution in [0.15, 0.2) is 67.3 Å². The normalized spacial score (nSPS) is 10.6. The monoisotopic (exact) mass is 281 g/mol. The van der Waals surface area contributed by atoms with E-state index in [4.69, 9.17) is 0 Å². The Bertz CT molecular complexity index is 633. The zero-order valence-corrected chi connectivity index (χ0v) is 11.8. The number of benzene rings is 1. The molecule has 0 saturated heterocycles. The molecule has 0 amide bonds. The average Bonchev–Trinajstić information content (AvgIpc) is 3.03. The molecule has 0 bridgehead atoms. The van der Waals surface area contributed by atoms with Gasteiger partial charge in [0.1, 0.15) is 0 Å². The summed E-state index contributed by atoms with van der Waals surface area (Å²) in [6.07, 6.45) is 7.47. The molecule has 3 aromatic rings. The fourth-order valence-electron chi connectivity index (χ4n) is 1.94. The highest BCUT2D eigenvalue weighted by Gasteiger charge is 1.98. The number of pyridine rings is 1. The molecule has 0 atom stereocenters. The molecule has 1 aromatic carbocycles. The smallest absolute Gasteiger partial charge is 0.0645 e. The largest absolute Gasteiger partial charge is 0.264 e. The summed E-state index contributed by atoms with van der Waals surface area (Å²) in [4.78, 5) is 4.13. The molecule has 0 radical (unpaired) electrons. The van der Waals surface area contributed by atoms with Gasteiger partial charge in [0.25, 0.3) is 0 Å². The van der Waals surface area contributed by atoms with Gasteiger partial charge in [0, 0.05) is 36.3 Å². The van der Waals surface area contributed by atoms with Gasteiger partial charge in [0.2, 0.25) is 0 Å². The minimum atomic E-state index is 0.995. The summed E-state index contributed by atoms with van der Waals surface area (Å²) in [5.41, 5.74) is 3.69. The standard InChI is InChI=1S/C16H15N3S/c1-3-15(11-17-8-1)13-20-12-14-4-6-16(7-5-14)19-10-2-9-18-19/h1-11H,12-13H2. The van der Waals surface area contributed by atoms with Gasteiger partial charge in [0.15, 0.2) is 0 Å². The van der Waals surface area contributed by atoms with E-state index >= 15 is 0 Å². The van der Waals surface area contributed by atoms with Gasteiger partial charge in [-0.15, -0.1) is 0 Å². The summed E-state index contributed by atoms with van der Waals surface area (Å²) in [5.74, 6) is 2.00. The summed E-state index contributed by atoms with van der Waals surface area (Å²) >= 11 is 1.90. The van der Waals surface area contributed by atoms with Gasteiger partial charge in [-0.3, -0.25) is 4.98 Å². The molecule has 0 aliphatic heterocycles. The lowest BCUT2D eigenvalue weighted by molar-refractivity contribution is 0.880. The van der Waals surface area contributed by atoms with E-state index in [1.54, 1.807) is 6.20 Å². The lowest BCUT2D eigenvalue weighted by Crippen LogP contribution is -1.94. The molecule has 0 aliphatic carbocycles. The summed E-state index contributed by atoms with van der Waals surface area (Å²) in [7, 11) is 0. The van der Waals surface area contributed by atoms with E-state index in [-0.39, 0.29) is 0 Å². The Kier molecular flexibility index (Phi) is 4.13. The van der Waals surface area contributed by atoms with Crippen molar-refractivity contribution in [2.75, 3.05) is 0 Å². The zero-order chi connectivity index (χ0) is 13.6. The van der Waals surface area contributed by atoms with Crippen LogP contribution < -0.4 is 0 Å². The predicted molar refractivity (Wildman–Crippen MR) is 82.8 cm³/mol. The third kappa shape index (κ3) is 3.27. The topological polar surface area (TPSA) is 30.7 Å². The first-order valence-corrected chi connectivity index (χ1v) is 7.63. The van der Waals surface area contributed by atoms with Gasteiger partial charge in [0.05, 0.1) is 5.69 Å². The molecular weight excluding hydrogens is 266 g/mol. The molecule has 4 heteroatoms. The Morgan fingerprint density at radius 1 is 0.900 bits per heavy atom. The van der Waals surface area contributed by atoms with Crippen LogP contribution in [0, 0.1) is 0 Å². The van der Waals surface area contributed by atoms with Crippen LogP contribution in [0.3, 0.4) is 0 Å². The van der Waals surface area contributed by atoms with Crippen molar-refractivity contribution in [3.63, 3.8) is 0 Å². The van der Waals surface area contributed by atoms with Crippen LogP contribution in [0.2, 0.25) is 0 Å². The Morgan fingerprint density at radius 2 is 1.75 bits per heavy atom. The Labute approximate surface area is 122 Å². The third-order valence-corrected chi connectivity index (χ3v) is 4.04. The first-order valence-electron chi connectivity index (χ1n) is 6.47. The van der Waals surface area contributed by atoms with Crippen molar-refractivity contribution in [2.24, 2.45) is 0 Å². The highest BCUT2D eigenvalue weighted by atomic mass is 32.2. The average molecular weight is 281 g/mol. The van der Waals surface area contributed by atoms with E-state index < -0.39 is 0 Å². The molecule has 0 spiro atoms. The number of hydrogen-bond donors (Lipinski definition) is 0. The highest BCUT2D eigenvalue weighted by Crippen LogP contribution is 2.18. The SMILES string of the molecule is c1cncc(CSCc2ccc(-n3cccn3)cc2)c1. The van der Waals surface area contributed by atoms with Gasteiger partial charge in [-0.2, -0.15) is 16.9 Å². The minimum absolute atomic E-state index is 0.995. The number of nitrogens with zero attached hydrogens (tertiary/aromatic N) is 3. The molecule has 3 nitrogen and oxygen atoms in total. The van der Waals surface area contributed by atoms with Gasteiger partial charge in [-0.05, 0) is 35.4 Å². The van der Waals surface area contributed by atoms with Gasteiger partial charge in [-0.1, -0.05) is 18.2 Å². The van der Waals surface area contributed by atoms with Crippen molar-refractivity contribution < 1.29 is 0 Å². The second-order valence-corrected chi connectivity index (χ2v) is 5.46. The summed E-state index contributed by atoms with van der Waals surface area (Å²) in [6, 6.07) is 14.5. The van der Waals surface area contributed by atoms with E-state index in [1.165, 1.54) is 11.1 Å². The maximum absolute atomic E-state index is 4.22. The summed E-state index contributed by atoms with van der Waals surface area (Å²) < 4.78 is 1.87. The maximum atomic E-state index is 4.22. The van der Waals surface area contributed by atoms with Crippen LogP contribution in [-0.4, -0.2) is 14.8 Å². The van der Waals surface area contributed by atoms with Crippen LogP contribution in [0.5, 0.6) is 0 Å². The first kappa shape index (κ1) is 12.9. The van der Waals surface area contributed by atoms with Crippen LogP contribution in [0.25, 0.3) is 5.69 Å². The van der Waals surface area contributed by atoms with Crippen molar-refractivity contribution in [3.8, 4) is 5.69 Å². The zero-order valence-electron chi connectivity index (χ0n) is 11.0. The fraction of sp³-hybridized carbons (Fsp3) is 0.125. The van der Waals surface area contributed by atoms with E-state index in [0.717, 1.165) is 17.2 Å². The van der Waals surface area contributed by atoms with Crippen molar-refractivity contribution in [1.82, 2.24) is 14.8 Å². The Morgan fingerprint density at radius 3 is 2.45 bits per heavy atom. The second-order valence-electron chi connectivity index (χ2n) is 4.47. The molecule has 0 fully saturated rings. The molecule has 0 saturated carbocycles. The van der Waals surface area contributed by atoms with Crippen molar-refractivity contribution in [1.29, 1.82) is 0 Å². The predicted octanol–water partition coefficient (Wildman–Crippen LogP) is 3.70. The lowest BCUT2D eigenvalue weighted by Gasteiger charge is -2.04. The van der Waals surface area contributed by atoms with Crippen LogP contribution in [0.1, 0.15) is 11.1 Å². The first-order chi connectivity index (χ1) is 9.92. The van der Waals surface area contributed by atoms with Gasteiger partial charge < -0.3 is 0 Å². The van der Waals surface area contributed by atoms with Crippen molar-refractivity contribution in [2.45, 2.75) is 11.5 Å². The van der Waals surface area contributed by atoms with E-state index in [2.05, 4.69) is 40.4 Å². The van der Waals surface area contributed by atoms with Crippen LogP contribution in [-0.2, 0) is 11.5 Å². The number of thioether (sulfide) groups is 1. The highest BCUT2D eigenvalue weighted by molar-refractivity contribution is 7.97. The number of aromatic nitrogens is 3. The van der Waals surface area contributed by atoms with E-state index in [0.29, 0.717) is 0 Å². The van der Waals surface area contributed by atoms with Crippen molar-refractivity contribution >= 4 is 11.8 Å². The molecule has 0 N–H and O–H groups in total. The van der Waals surface area contributed by atoms with E-state index in [9.17, 15) is 0 Å². The molecule has 20 heavy (non-hydrogen) atoms. The molecular formula is C16H15N3S. The molecule has 3 rings (SSSR count). The molecule has 2 heterocycles. The van der Waals surface area contributed by atoms with E-state index in [1.807, 2.05) is 47.2 Å². The Hall–Kier alpha value is -2.07. The molecule has 2 aromatic heterocycles. The van der Waals surface area contributed by atoms with Crippen LogP contribution >= 0.6 is 11.8 Å². The quantitative estimate of drug-likeness (QED) is 0.714. The summed E-state index contributed by atoms with van der Waals surface area (Å²) in [6.45, 7) is 0. The second kappa shape index (κ2) is 6.39. The fourth-order valence-corrected chi connectivity index (χ4v) is 2.87. The maximum Gasteiger partial charge on any atom is 0.0645 e. The molecule has 0 aliphatic rings.